The average molecular weight is 536 g/mol. The van der Waals surface area contributed by atoms with Gasteiger partial charge in [-0.1, -0.05) is 49.7 Å². The maximum Gasteiger partial charge on any atom is 0.242 e. The third kappa shape index (κ3) is 8.82. The number of carbonyl (C=O) groups excluding carboxylic acids is 2. The number of amides is 2. The topological polar surface area (TPSA) is 86.8 Å². The molecule has 0 aliphatic heterocycles. The predicted octanol–water partition coefficient (Wildman–Crippen LogP) is 4.69. The van der Waals surface area contributed by atoms with Gasteiger partial charge in [-0.15, -0.1) is 0 Å². The zero-order valence-electron chi connectivity index (χ0n) is 22.0. The van der Waals surface area contributed by atoms with Gasteiger partial charge in [-0.2, -0.15) is 0 Å². The van der Waals surface area contributed by atoms with Gasteiger partial charge < -0.3 is 10.2 Å². The number of benzene rings is 2. The minimum absolute atomic E-state index is 0.0864. The fourth-order valence-electron chi connectivity index (χ4n) is 3.94. The molecule has 0 saturated carbocycles. The van der Waals surface area contributed by atoms with Crippen LogP contribution in [0.4, 0.5) is 5.69 Å². The molecule has 2 amide bonds. The second-order valence-electron chi connectivity index (χ2n) is 9.71. The lowest BCUT2D eigenvalue weighted by Gasteiger charge is -2.30. The van der Waals surface area contributed by atoms with E-state index in [0.29, 0.717) is 23.7 Å². The first-order valence-electron chi connectivity index (χ1n) is 12.2. The van der Waals surface area contributed by atoms with Crippen LogP contribution in [0.15, 0.2) is 42.5 Å². The van der Waals surface area contributed by atoms with E-state index in [1.807, 2.05) is 64.1 Å². The Labute approximate surface area is 220 Å². The molecule has 36 heavy (non-hydrogen) atoms. The van der Waals surface area contributed by atoms with Crippen molar-refractivity contribution in [2.24, 2.45) is 5.92 Å². The van der Waals surface area contributed by atoms with Crippen LogP contribution in [0, 0.1) is 19.8 Å². The lowest BCUT2D eigenvalue weighted by atomic mass is 10.1. The highest BCUT2D eigenvalue weighted by Crippen LogP contribution is 2.23. The molecule has 1 N–H and O–H groups in total. The van der Waals surface area contributed by atoms with Crippen LogP contribution in [-0.4, -0.2) is 50.5 Å². The number of nitrogens with zero attached hydrogens (tertiary/aromatic N) is 2. The molecule has 2 rings (SSSR count). The van der Waals surface area contributed by atoms with Crippen LogP contribution in [0.2, 0.25) is 5.02 Å². The number of hydrogen-bond acceptors (Lipinski definition) is 4. The van der Waals surface area contributed by atoms with Gasteiger partial charge in [0.15, 0.2) is 0 Å². The van der Waals surface area contributed by atoms with Crippen molar-refractivity contribution in [3.8, 4) is 0 Å². The van der Waals surface area contributed by atoms with Gasteiger partial charge in [0.2, 0.25) is 21.8 Å². The lowest BCUT2D eigenvalue weighted by Crippen LogP contribution is -2.48. The molecular formula is C27H38ClN3O4S. The van der Waals surface area contributed by atoms with Crippen LogP contribution in [-0.2, 0) is 26.2 Å². The molecule has 7 nitrogen and oxygen atoms in total. The van der Waals surface area contributed by atoms with E-state index in [4.69, 9.17) is 11.6 Å². The van der Waals surface area contributed by atoms with E-state index < -0.39 is 16.1 Å². The molecule has 0 fully saturated rings. The lowest BCUT2D eigenvalue weighted by molar-refractivity contribution is -0.140. The second kappa shape index (κ2) is 13.1. The van der Waals surface area contributed by atoms with Crippen LogP contribution in [0.25, 0.3) is 0 Å². The molecule has 1 atom stereocenters. The summed E-state index contributed by atoms with van der Waals surface area (Å²) in [4.78, 5) is 27.7. The molecule has 2 aromatic rings. The maximum atomic E-state index is 13.4. The Hall–Kier alpha value is -2.58. The van der Waals surface area contributed by atoms with Crippen molar-refractivity contribution in [2.45, 2.75) is 60.0 Å². The van der Waals surface area contributed by atoms with Crippen LogP contribution in [0.5, 0.6) is 0 Å². The first kappa shape index (κ1) is 29.6. The van der Waals surface area contributed by atoms with Crippen molar-refractivity contribution in [1.29, 1.82) is 0 Å². The normalized spacial score (nSPS) is 12.3. The van der Waals surface area contributed by atoms with E-state index in [1.54, 1.807) is 13.0 Å². The zero-order valence-corrected chi connectivity index (χ0v) is 23.6. The minimum Gasteiger partial charge on any atom is -0.354 e. The third-order valence-corrected chi connectivity index (χ3v) is 7.36. The van der Waals surface area contributed by atoms with Crippen LogP contribution >= 0.6 is 11.6 Å². The summed E-state index contributed by atoms with van der Waals surface area (Å²) in [6.07, 6.45) is 1.55. The van der Waals surface area contributed by atoms with Crippen LogP contribution < -0.4 is 9.62 Å². The van der Waals surface area contributed by atoms with Crippen molar-refractivity contribution < 1.29 is 18.0 Å². The average Bonchev–Trinajstić information content (AvgIpc) is 2.77. The van der Waals surface area contributed by atoms with Gasteiger partial charge >= 0.3 is 0 Å². The summed E-state index contributed by atoms with van der Waals surface area (Å²) >= 11 is 6.34. The number of rotatable bonds is 12. The Balaban J connectivity index is 2.20. The van der Waals surface area contributed by atoms with Crippen molar-refractivity contribution in [1.82, 2.24) is 10.2 Å². The van der Waals surface area contributed by atoms with Crippen molar-refractivity contribution in [3.05, 3.63) is 64.2 Å². The monoisotopic (exact) mass is 535 g/mol. The second-order valence-corrected chi connectivity index (χ2v) is 12.0. The summed E-state index contributed by atoms with van der Waals surface area (Å²) in [6, 6.07) is 12.1. The molecule has 0 heterocycles. The minimum atomic E-state index is -3.54. The Morgan fingerprint density at radius 2 is 1.64 bits per heavy atom. The highest BCUT2D eigenvalue weighted by molar-refractivity contribution is 7.92. The summed E-state index contributed by atoms with van der Waals surface area (Å²) in [5, 5.41) is 3.41. The fourth-order valence-corrected chi connectivity index (χ4v) is 5.09. The van der Waals surface area contributed by atoms with Gasteiger partial charge in [-0.25, -0.2) is 8.42 Å². The number of hydrogen-bond donors (Lipinski definition) is 1. The Morgan fingerprint density at radius 3 is 2.19 bits per heavy atom. The zero-order chi connectivity index (χ0) is 27.0. The van der Waals surface area contributed by atoms with E-state index in [9.17, 15) is 18.0 Å². The van der Waals surface area contributed by atoms with E-state index in [0.717, 1.165) is 22.9 Å². The van der Waals surface area contributed by atoms with Crippen LogP contribution in [0.1, 0.15) is 50.3 Å². The molecule has 198 valence electrons. The Bertz CT molecular complexity index is 1150. The quantitative estimate of drug-likeness (QED) is 0.427. The highest BCUT2D eigenvalue weighted by Gasteiger charge is 2.27. The van der Waals surface area contributed by atoms with Gasteiger partial charge in [0, 0.05) is 31.1 Å². The van der Waals surface area contributed by atoms with Crippen molar-refractivity contribution >= 4 is 39.1 Å². The van der Waals surface area contributed by atoms with Gasteiger partial charge in [-0.05, 0) is 68.0 Å². The molecule has 0 saturated heterocycles. The number of sulfonamides is 1. The SMILES string of the molecule is Cc1cc(C)cc(N(CCCC(=O)N(Cc2ccccc2Cl)C(C)C(=O)NCC(C)C)S(C)(=O)=O)c1. The number of aryl methyl sites for hydroxylation is 2. The summed E-state index contributed by atoms with van der Waals surface area (Å²) in [6.45, 7) is 10.4. The number of carbonyl (C=O) groups is 2. The molecule has 2 aromatic carbocycles. The molecule has 1 unspecified atom stereocenters. The van der Waals surface area contributed by atoms with Gasteiger partial charge in [0.05, 0.1) is 11.9 Å². The maximum absolute atomic E-state index is 13.4. The van der Waals surface area contributed by atoms with Crippen molar-refractivity contribution in [3.63, 3.8) is 0 Å². The first-order valence-corrected chi connectivity index (χ1v) is 14.4. The van der Waals surface area contributed by atoms with E-state index in [2.05, 4.69) is 5.32 Å². The smallest absolute Gasteiger partial charge is 0.242 e. The summed E-state index contributed by atoms with van der Waals surface area (Å²) < 4.78 is 26.4. The third-order valence-electron chi connectivity index (χ3n) is 5.80. The molecule has 0 aromatic heterocycles. The van der Waals surface area contributed by atoms with Gasteiger partial charge in [0.1, 0.15) is 6.04 Å². The first-order chi connectivity index (χ1) is 16.8. The largest absolute Gasteiger partial charge is 0.354 e. The van der Waals surface area contributed by atoms with E-state index in [1.165, 1.54) is 9.21 Å². The standard InChI is InChI=1S/C27H38ClN3O4S/c1-19(2)17-29-27(33)22(5)30(18-23-10-7-8-11-25(23)28)26(32)12-9-13-31(36(6,34)35)24-15-20(3)14-21(4)16-24/h7-8,10-11,14-16,19,22H,9,12-13,17-18H2,1-6H3,(H,29,33). The summed E-state index contributed by atoms with van der Waals surface area (Å²) in [7, 11) is -3.54. The molecule has 0 bridgehead atoms. The Kier molecular flexibility index (Phi) is 10.8. The van der Waals surface area contributed by atoms with E-state index >= 15 is 0 Å². The van der Waals surface area contributed by atoms with Gasteiger partial charge in [0.25, 0.3) is 0 Å². The molecule has 0 aliphatic rings. The summed E-state index contributed by atoms with van der Waals surface area (Å²) in [5.41, 5.74) is 3.24. The van der Waals surface area contributed by atoms with Gasteiger partial charge in [-0.3, -0.25) is 13.9 Å². The molecule has 0 radical (unpaired) electrons. The summed E-state index contributed by atoms with van der Waals surface area (Å²) in [5.74, 6) is -0.200. The van der Waals surface area contributed by atoms with E-state index in [-0.39, 0.29) is 37.2 Å². The highest BCUT2D eigenvalue weighted by atomic mass is 35.5. The molecule has 9 heteroatoms. The molecule has 0 aliphatic carbocycles. The predicted molar refractivity (Wildman–Crippen MR) is 147 cm³/mol. The van der Waals surface area contributed by atoms with Crippen molar-refractivity contribution in [2.75, 3.05) is 23.7 Å². The number of nitrogens with one attached hydrogen (secondary N) is 1. The molecular weight excluding hydrogens is 498 g/mol. The Morgan fingerprint density at radius 1 is 1.03 bits per heavy atom. The number of anilines is 1. The fraction of sp³-hybridized carbons (Fsp3) is 0.481. The number of halogens is 1. The molecule has 0 spiro atoms. The van der Waals surface area contributed by atoms with Crippen LogP contribution in [0.3, 0.4) is 0 Å².